The molecular weight excluding hydrogens is 234 g/mol. The number of nitrogens with zero attached hydrogens (tertiary/aromatic N) is 1. The molecule has 100 valence electrons. The van der Waals surface area contributed by atoms with Crippen molar-refractivity contribution >= 4 is 5.97 Å². The molecule has 1 aromatic rings. The van der Waals surface area contributed by atoms with Gasteiger partial charge in [-0.3, -0.25) is 4.90 Å². The summed E-state index contributed by atoms with van der Waals surface area (Å²) in [5.41, 5.74) is 0.252. The van der Waals surface area contributed by atoms with Gasteiger partial charge in [-0.05, 0) is 31.9 Å². The molecule has 0 bridgehead atoms. The second-order valence-corrected chi connectivity index (χ2v) is 4.84. The molecule has 2 rings (SSSR count). The van der Waals surface area contributed by atoms with E-state index in [1.807, 2.05) is 7.05 Å². The lowest BCUT2D eigenvalue weighted by Gasteiger charge is -2.26. The molecule has 0 saturated carbocycles. The van der Waals surface area contributed by atoms with Gasteiger partial charge in [0.1, 0.15) is 11.3 Å². The summed E-state index contributed by atoms with van der Waals surface area (Å²) in [5.74, 6) is 0.113. The molecule has 1 atom stereocenters. The minimum atomic E-state index is -0.937. The second-order valence-electron chi connectivity index (χ2n) is 4.84. The number of carbonyl (C=O) groups is 1. The van der Waals surface area contributed by atoms with Crippen molar-refractivity contribution in [2.45, 2.75) is 19.4 Å². The monoisotopic (exact) mass is 253 g/mol. The number of carboxylic acids is 1. The van der Waals surface area contributed by atoms with E-state index in [1.165, 1.54) is 18.8 Å². The minimum Gasteiger partial charge on any atom is -0.478 e. The van der Waals surface area contributed by atoms with Crippen LogP contribution in [-0.2, 0) is 11.3 Å². The van der Waals surface area contributed by atoms with E-state index in [0.717, 1.165) is 26.2 Å². The van der Waals surface area contributed by atoms with Crippen LogP contribution < -0.4 is 0 Å². The normalized spacial score (nSPS) is 20.2. The molecule has 1 unspecified atom stereocenters. The number of furan rings is 1. The number of hydrogen-bond donors (Lipinski definition) is 1. The Bertz CT molecular complexity index is 395. The number of ether oxygens (including phenoxy) is 1. The largest absolute Gasteiger partial charge is 0.478 e. The lowest BCUT2D eigenvalue weighted by Crippen LogP contribution is -2.30. The van der Waals surface area contributed by atoms with Gasteiger partial charge in [0.2, 0.25) is 0 Å². The summed E-state index contributed by atoms with van der Waals surface area (Å²) < 4.78 is 10.7. The predicted octanol–water partition coefficient (Wildman–Crippen LogP) is 1.84. The third kappa shape index (κ3) is 3.34. The molecule has 5 nitrogen and oxygen atoms in total. The Balaban J connectivity index is 1.88. The van der Waals surface area contributed by atoms with Crippen molar-refractivity contribution in [1.82, 2.24) is 4.90 Å². The minimum absolute atomic E-state index is 0.252. The standard InChI is InChI=1S/C13H19NO4/c1-14(7-10-3-2-5-17-9-10)8-12-11(13(15)16)4-6-18-12/h4,6,10H,2-3,5,7-9H2,1H3,(H,15,16). The Hall–Kier alpha value is -1.33. The average molecular weight is 253 g/mol. The van der Waals surface area contributed by atoms with Crippen LogP contribution in [0.2, 0.25) is 0 Å². The van der Waals surface area contributed by atoms with Gasteiger partial charge < -0.3 is 14.3 Å². The van der Waals surface area contributed by atoms with Crippen molar-refractivity contribution in [2.75, 3.05) is 26.8 Å². The van der Waals surface area contributed by atoms with Gasteiger partial charge in [0.05, 0.1) is 19.4 Å². The highest BCUT2D eigenvalue weighted by atomic mass is 16.5. The third-order valence-corrected chi connectivity index (χ3v) is 3.21. The Morgan fingerprint density at radius 2 is 2.44 bits per heavy atom. The molecule has 0 amide bonds. The zero-order chi connectivity index (χ0) is 13.0. The van der Waals surface area contributed by atoms with Crippen LogP contribution in [0.3, 0.4) is 0 Å². The van der Waals surface area contributed by atoms with Crippen LogP contribution in [-0.4, -0.2) is 42.8 Å². The predicted molar refractivity (Wildman–Crippen MR) is 65.5 cm³/mol. The van der Waals surface area contributed by atoms with Crippen LogP contribution in [0.15, 0.2) is 16.7 Å². The topological polar surface area (TPSA) is 62.9 Å². The van der Waals surface area contributed by atoms with Gasteiger partial charge in [0.15, 0.2) is 0 Å². The summed E-state index contributed by atoms with van der Waals surface area (Å²) in [6.07, 6.45) is 3.71. The molecule has 0 radical (unpaired) electrons. The van der Waals surface area contributed by atoms with Gasteiger partial charge in [-0.2, -0.15) is 0 Å². The van der Waals surface area contributed by atoms with E-state index in [0.29, 0.717) is 18.2 Å². The van der Waals surface area contributed by atoms with Gasteiger partial charge in [0.25, 0.3) is 0 Å². The summed E-state index contributed by atoms with van der Waals surface area (Å²) in [6, 6.07) is 1.50. The molecule has 1 fully saturated rings. The fourth-order valence-corrected chi connectivity index (χ4v) is 2.36. The number of carboxylic acid groups (broad SMARTS) is 1. The highest BCUT2D eigenvalue weighted by molar-refractivity contribution is 5.88. The molecular formula is C13H19NO4. The molecule has 0 aromatic carbocycles. The maximum absolute atomic E-state index is 11.0. The van der Waals surface area contributed by atoms with Gasteiger partial charge in [-0.1, -0.05) is 0 Å². The summed E-state index contributed by atoms with van der Waals surface area (Å²) in [6.45, 7) is 3.08. The smallest absolute Gasteiger partial charge is 0.339 e. The maximum atomic E-state index is 11.0. The average Bonchev–Trinajstić information content (AvgIpc) is 2.78. The quantitative estimate of drug-likeness (QED) is 0.867. The Kier molecular flexibility index (Phi) is 4.38. The van der Waals surface area contributed by atoms with Gasteiger partial charge in [0, 0.05) is 13.2 Å². The van der Waals surface area contributed by atoms with Crippen LogP contribution in [0, 0.1) is 5.92 Å². The van der Waals surface area contributed by atoms with E-state index in [2.05, 4.69) is 4.90 Å². The van der Waals surface area contributed by atoms with Crippen LogP contribution in [0.25, 0.3) is 0 Å². The molecule has 1 aliphatic rings. The first-order valence-electron chi connectivity index (χ1n) is 6.22. The van der Waals surface area contributed by atoms with Gasteiger partial charge >= 0.3 is 5.97 Å². The molecule has 18 heavy (non-hydrogen) atoms. The number of hydrogen-bond acceptors (Lipinski definition) is 4. The SMILES string of the molecule is CN(Cc1occc1C(=O)O)CC1CCCOC1. The van der Waals surface area contributed by atoms with E-state index >= 15 is 0 Å². The lowest BCUT2D eigenvalue weighted by molar-refractivity contribution is 0.0402. The summed E-state index contributed by atoms with van der Waals surface area (Å²) in [4.78, 5) is 13.0. The number of rotatable bonds is 5. The molecule has 1 saturated heterocycles. The van der Waals surface area contributed by atoms with Crippen molar-refractivity contribution in [3.63, 3.8) is 0 Å². The molecule has 1 N–H and O–H groups in total. The highest BCUT2D eigenvalue weighted by Gasteiger charge is 2.19. The fraction of sp³-hybridized carbons (Fsp3) is 0.615. The molecule has 1 aromatic heterocycles. The fourth-order valence-electron chi connectivity index (χ4n) is 2.36. The highest BCUT2D eigenvalue weighted by Crippen LogP contribution is 2.17. The van der Waals surface area contributed by atoms with E-state index < -0.39 is 5.97 Å². The Labute approximate surface area is 106 Å². The van der Waals surface area contributed by atoms with Crippen molar-refractivity contribution in [2.24, 2.45) is 5.92 Å². The molecule has 0 aliphatic carbocycles. The first-order chi connectivity index (χ1) is 8.66. The van der Waals surface area contributed by atoms with Crippen molar-refractivity contribution in [3.8, 4) is 0 Å². The van der Waals surface area contributed by atoms with E-state index in [-0.39, 0.29) is 5.56 Å². The third-order valence-electron chi connectivity index (χ3n) is 3.21. The molecule has 1 aliphatic heterocycles. The van der Waals surface area contributed by atoms with Crippen molar-refractivity contribution < 1.29 is 19.1 Å². The maximum Gasteiger partial charge on any atom is 0.339 e. The van der Waals surface area contributed by atoms with E-state index in [4.69, 9.17) is 14.3 Å². The van der Waals surface area contributed by atoms with Crippen LogP contribution in [0.4, 0.5) is 0 Å². The second kappa shape index (κ2) is 6.02. The molecule has 5 heteroatoms. The van der Waals surface area contributed by atoms with Crippen molar-refractivity contribution in [3.05, 3.63) is 23.7 Å². The van der Waals surface area contributed by atoms with Crippen LogP contribution >= 0.6 is 0 Å². The summed E-state index contributed by atoms with van der Waals surface area (Å²) in [5, 5.41) is 8.99. The van der Waals surface area contributed by atoms with Gasteiger partial charge in [-0.15, -0.1) is 0 Å². The van der Waals surface area contributed by atoms with Crippen LogP contribution in [0.5, 0.6) is 0 Å². The first kappa shape index (κ1) is 13.1. The van der Waals surface area contributed by atoms with Crippen LogP contribution in [0.1, 0.15) is 29.0 Å². The van der Waals surface area contributed by atoms with Crippen molar-refractivity contribution in [1.29, 1.82) is 0 Å². The Morgan fingerprint density at radius 3 is 3.11 bits per heavy atom. The van der Waals surface area contributed by atoms with E-state index in [1.54, 1.807) is 0 Å². The first-order valence-corrected chi connectivity index (χ1v) is 6.22. The zero-order valence-corrected chi connectivity index (χ0v) is 10.6. The zero-order valence-electron chi connectivity index (χ0n) is 10.6. The molecule has 0 spiro atoms. The summed E-state index contributed by atoms with van der Waals surface area (Å²) >= 11 is 0. The molecule has 2 heterocycles. The number of aromatic carboxylic acids is 1. The van der Waals surface area contributed by atoms with E-state index in [9.17, 15) is 4.79 Å². The summed E-state index contributed by atoms with van der Waals surface area (Å²) in [7, 11) is 1.97. The lowest BCUT2D eigenvalue weighted by atomic mass is 10.0. The van der Waals surface area contributed by atoms with Gasteiger partial charge in [-0.25, -0.2) is 4.79 Å². The Morgan fingerprint density at radius 1 is 1.61 bits per heavy atom.